The summed E-state index contributed by atoms with van der Waals surface area (Å²) in [4.78, 5) is 0. The molecule has 3 heteroatoms. The SMILES string of the molecule is CSCc1cc2cccc(Cl)c2n1C. The Hall–Kier alpha value is -0.600. The van der Waals surface area contributed by atoms with Crippen molar-refractivity contribution in [2.75, 3.05) is 6.26 Å². The lowest BCUT2D eigenvalue weighted by molar-refractivity contribution is 0.910. The number of nitrogens with zero attached hydrogens (tertiary/aromatic N) is 1. The van der Waals surface area contributed by atoms with E-state index in [4.69, 9.17) is 11.6 Å². The Morgan fingerprint density at radius 3 is 2.86 bits per heavy atom. The van der Waals surface area contributed by atoms with Gasteiger partial charge in [-0.05, 0) is 18.4 Å². The lowest BCUT2D eigenvalue weighted by atomic mass is 10.2. The Morgan fingerprint density at radius 1 is 1.43 bits per heavy atom. The third-order valence-electron chi connectivity index (χ3n) is 2.40. The molecule has 0 atom stereocenters. The van der Waals surface area contributed by atoms with Gasteiger partial charge < -0.3 is 4.57 Å². The van der Waals surface area contributed by atoms with Crippen LogP contribution in [0.3, 0.4) is 0 Å². The maximum atomic E-state index is 6.15. The number of thioether (sulfide) groups is 1. The van der Waals surface area contributed by atoms with Crippen molar-refractivity contribution in [1.29, 1.82) is 0 Å². The van der Waals surface area contributed by atoms with Crippen molar-refractivity contribution >= 4 is 34.3 Å². The van der Waals surface area contributed by atoms with Crippen LogP contribution in [0.25, 0.3) is 10.9 Å². The highest BCUT2D eigenvalue weighted by Gasteiger charge is 2.07. The summed E-state index contributed by atoms with van der Waals surface area (Å²) in [5, 5.41) is 2.06. The first-order valence-electron chi connectivity index (χ1n) is 4.46. The molecule has 0 radical (unpaired) electrons. The molecule has 14 heavy (non-hydrogen) atoms. The van der Waals surface area contributed by atoms with Crippen LogP contribution in [0.15, 0.2) is 24.3 Å². The molecule has 2 aromatic rings. The molecule has 1 heterocycles. The van der Waals surface area contributed by atoms with E-state index in [0.717, 1.165) is 16.3 Å². The summed E-state index contributed by atoms with van der Waals surface area (Å²) in [6.07, 6.45) is 2.11. The van der Waals surface area contributed by atoms with Crippen LogP contribution in [0, 0.1) is 0 Å². The lowest BCUT2D eigenvalue weighted by Gasteiger charge is -2.02. The fraction of sp³-hybridized carbons (Fsp3) is 0.273. The molecule has 1 aromatic carbocycles. The van der Waals surface area contributed by atoms with Crippen molar-refractivity contribution in [3.63, 3.8) is 0 Å². The van der Waals surface area contributed by atoms with Crippen molar-refractivity contribution < 1.29 is 0 Å². The second kappa shape index (κ2) is 3.87. The van der Waals surface area contributed by atoms with Gasteiger partial charge in [0.05, 0.1) is 10.5 Å². The average Bonchev–Trinajstić information content (AvgIpc) is 2.46. The quantitative estimate of drug-likeness (QED) is 0.755. The molecule has 0 unspecified atom stereocenters. The zero-order chi connectivity index (χ0) is 10.1. The fourth-order valence-corrected chi connectivity index (χ4v) is 2.59. The van der Waals surface area contributed by atoms with Crippen LogP contribution in [0.5, 0.6) is 0 Å². The zero-order valence-electron chi connectivity index (χ0n) is 8.25. The van der Waals surface area contributed by atoms with Gasteiger partial charge in [-0.3, -0.25) is 0 Å². The highest BCUT2D eigenvalue weighted by molar-refractivity contribution is 7.97. The van der Waals surface area contributed by atoms with Crippen LogP contribution >= 0.6 is 23.4 Å². The molecule has 0 spiro atoms. The lowest BCUT2D eigenvalue weighted by Crippen LogP contribution is -1.93. The van der Waals surface area contributed by atoms with Gasteiger partial charge in [0, 0.05) is 23.9 Å². The summed E-state index contributed by atoms with van der Waals surface area (Å²) in [7, 11) is 2.07. The number of aryl methyl sites for hydroxylation is 1. The second-order valence-electron chi connectivity index (χ2n) is 3.31. The predicted octanol–water partition coefficient (Wildman–Crippen LogP) is 3.69. The molecule has 0 saturated heterocycles. The molecule has 1 nitrogen and oxygen atoms in total. The minimum absolute atomic E-state index is 0.831. The van der Waals surface area contributed by atoms with E-state index in [9.17, 15) is 0 Å². The van der Waals surface area contributed by atoms with E-state index in [0.29, 0.717) is 0 Å². The number of para-hydroxylation sites is 1. The topological polar surface area (TPSA) is 4.93 Å². The number of aromatic nitrogens is 1. The molecule has 0 bridgehead atoms. The van der Waals surface area contributed by atoms with Crippen molar-refractivity contribution in [2.24, 2.45) is 7.05 Å². The molecule has 0 amide bonds. The van der Waals surface area contributed by atoms with Crippen LogP contribution < -0.4 is 0 Å². The Bertz CT molecular complexity index is 462. The number of halogens is 1. The van der Waals surface area contributed by atoms with E-state index in [-0.39, 0.29) is 0 Å². The van der Waals surface area contributed by atoms with Gasteiger partial charge in [0.2, 0.25) is 0 Å². The monoisotopic (exact) mass is 225 g/mol. The van der Waals surface area contributed by atoms with Crippen molar-refractivity contribution in [2.45, 2.75) is 5.75 Å². The molecule has 2 rings (SSSR count). The van der Waals surface area contributed by atoms with Gasteiger partial charge in [0.15, 0.2) is 0 Å². The first-order valence-corrected chi connectivity index (χ1v) is 6.23. The van der Waals surface area contributed by atoms with Crippen molar-refractivity contribution in [3.05, 3.63) is 35.0 Å². The van der Waals surface area contributed by atoms with E-state index < -0.39 is 0 Å². The highest BCUT2D eigenvalue weighted by Crippen LogP contribution is 2.27. The highest BCUT2D eigenvalue weighted by atomic mass is 35.5. The van der Waals surface area contributed by atoms with Crippen LogP contribution in [-0.4, -0.2) is 10.8 Å². The third-order valence-corrected chi connectivity index (χ3v) is 3.29. The summed E-state index contributed by atoms with van der Waals surface area (Å²) < 4.78 is 2.17. The number of rotatable bonds is 2. The Balaban J connectivity index is 2.68. The maximum Gasteiger partial charge on any atom is 0.0669 e. The molecule has 0 aliphatic carbocycles. The largest absolute Gasteiger partial charge is 0.346 e. The van der Waals surface area contributed by atoms with E-state index in [1.165, 1.54) is 11.1 Å². The van der Waals surface area contributed by atoms with E-state index in [2.05, 4.69) is 30.0 Å². The Morgan fingerprint density at radius 2 is 2.21 bits per heavy atom. The minimum Gasteiger partial charge on any atom is -0.346 e. The Labute approximate surface area is 93.1 Å². The summed E-state index contributed by atoms with van der Waals surface area (Å²) >= 11 is 7.97. The normalized spacial score (nSPS) is 11.1. The summed E-state index contributed by atoms with van der Waals surface area (Å²) in [6, 6.07) is 8.24. The molecule has 0 N–H and O–H groups in total. The number of fused-ring (bicyclic) bond motifs is 1. The van der Waals surface area contributed by atoms with Crippen molar-refractivity contribution in [1.82, 2.24) is 4.57 Å². The van der Waals surface area contributed by atoms with Crippen LogP contribution in [0.2, 0.25) is 5.02 Å². The molecular formula is C11H12ClNS. The summed E-state index contributed by atoms with van der Waals surface area (Å²) in [5.74, 6) is 1.03. The predicted molar refractivity (Wildman–Crippen MR) is 65.1 cm³/mol. The van der Waals surface area contributed by atoms with Gasteiger partial charge >= 0.3 is 0 Å². The first kappa shape index (κ1) is 9.94. The zero-order valence-corrected chi connectivity index (χ0v) is 9.82. The maximum absolute atomic E-state index is 6.15. The molecular weight excluding hydrogens is 214 g/mol. The smallest absolute Gasteiger partial charge is 0.0669 e. The van der Waals surface area contributed by atoms with Crippen LogP contribution in [0.1, 0.15) is 5.69 Å². The molecule has 1 aromatic heterocycles. The number of hydrogen-bond acceptors (Lipinski definition) is 1. The van der Waals surface area contributed by atoms with Gasteiger partial charge in [-0.1, -0.05) is 23.7 Å². The molecule has 0 fully saturated rings. The van der Waals surface area contributed by atoms with Gasteiger partial charge in [-0.25, -0.2) is 0 Å². The molecule has 0 saturated carbocycles. The average molecular weight is 226 g/mol. The van der Waals surface area contributed by atoms with Gasteiger partial charge in [0.1, 0.15) is 0 Å². The van der Waals surface area contributed by atoms with E-state index in [1.54, 1.807) is 0 Å². The standard InChI is InChI=1S/C11H12ClNS/c1-13-9(7-14-2)6-8-4-3-5-10(12)11(8)13/h3-6H,7H2,1-2H3. The molecule has 0 aliphatic heterocycles. The first-order chi connectivity index (χ1) is 6.74. The molecule has 74 valence electrons. The fourth-order valence-electron chi connectivity index (χ4n) is 1.71. The molecule has 0 aliphatic rings. The summed E-state index contributed by atoms with van der Waals surface area (Å²) in [6.45, 7) is 0. The van der Waals surface area contributed by atoms with Gasteiger partial charge in [-0.15, -0.1) is 0 Å². The van der Waals surface area contributed by atoms with Crippen molar-refractivity contribution in [3.8, 4) is 0 Å². The number of benzene rings is 1. The van der Waals surface area contributed by atoms with Crippen LogP contribution in [-0.2, 0) is 12.8 Å². The van der Waals surface area contributed by atoms with E-state index >= 15 is 0 Å². The number of hydrogen-bond donors (Lipinski definition) is 0. The van der Waals surface area contributed by atoms with E-state index in [1.807, 2.05) is 23.9 Å². The van der Waals surface area contributed by atoms with Gasteiger partial charge in [-0.2, -0.15) is 11.8 Å². The second-order valence-corrected chi connectivity index (χ2v) is 4.58. The summed E-state index contributed by atoms with van der Waals surface area (Å²) in [5.41, 5.74) is 2.46. The van der Waals surface area contributed by atoms with Crippen LogP contribution in [0.4, 0.5) is 0 Å². The van der Waals surface area contributed by atoms with Gasteiger partial charge in [0.25, 0.3) is 0 Å². The Kier molecular flexibility index (Phi) is 2.75. The minimum atomic E-state index is 0.831. The third kappa shape index (κ3) is 1.53.